The Kier molecular flexibility index (Phi) is 6.36. The van der Waals surface area contributed by atoms with Crippen LogP contribution in [0.1, 0.15) is 42.3 Å². The highest BCUT2D eigenvalue weighted by atomic mass is 32.1. The summed E-state index contributed by atoms with van der Waals surface area (Å²) < 4.78 is 39.3. The van der Waals surface area contributed by atoms with Gasteiger partial charge in [0.25, 0.3) is 0 Å². The van der Waals surface area contributed by atoms with Crippen molar-refractivity contribution in [3.63, 3.8) is 0 Å². The van der Waals surface area contributed by atoms with E-state index in [1.165, 1.54) is 11.1 Å². The van der Waals surface area contributed by atoms with Gasteiger partial charge >= 0.3 is 6.18 Å². The summed E-state index contributed by atoms with van der Waals surface area (Å²) in [5, 5.41) is 5.48. The molecule has 3 rings (SSSR count). The minimum Gasteiger partial charge on any atom is -0.403 e. The van der Waals surface area contributed by atoms with Gasteiger partial charge in [-0.25, -0.2) is 9.97 Å². The van der Waals surface area contributed by atoms with E-state index >= 15 is 0 Å². The van der Waals surface area contributed by atoms with Gasteiger partial charge in [-0.1, -0.05) is 0 Å². The van der Waals surface area contributed by atoms with Crippen molar-refractivity contribution in [1.82, 2.24) is 15.0 Å². The molecule has 4 N–H and O–H groups in total. The monoisotopic (exact) mass is 425 g/mol. The maximum absolute atomic E-state index is 13.1. The number of aliphatic imine (C=N–C) groups is 1. The van der Waals surface area contributed by atoms with Gasteiger partial charge in [-0.05, 0) is 26.7 Å². The molecule has 0 amide bonds. The number of aryl methyl sites for hydroxylation is 1. The fraction of sp³-hybridized carbons (Fsp3) is 0.444. The molecule has 29 heavy (non-hydrogen) atoms. The lowest BCUT2D eigenvalue weighted by Gasteiger charge is -2.15. The van der Waals surface area contributed by atoms with Crippen LogP contribution in [0.4, 0.5) is 24.9 Å². The summed E-state index contributed by atoms with van der Waals surface area (Å²) in [5.41, 5.74) is 8.84. The van der Waals surface area contributed by atoms with Crippen LogP contribution in [0, 0.1) is 0 Å². The van der Waals surface area contributed by atoms with Gasteiger partial charge in [0.1, 0.15) is 11.4 Å². The Balaban J connectivity index is 1.73. The maximum atomic E-state index is 13.1. The van der Waals surface area contributed by atoms with E-state index in [1.54, 1.807) is 25.2 Å². The zero-order valence-corrected chi connectivity index (χ0v) is 16.9. The molecule has 0 spiro atoms. The molecular formula is C18H22F3N7S. The van der Waals surface area contributed by atoms with Crippen LogP contribution in [0.5, 0.6) is 0 Å². The topological polar surface area (TPSA) is 101 Å². The van der Waals surface area contributed by atoms with Crippen molar-refractivity contribution in [2.24, 2.45) is 10.7 Å². The largest absolute Gasteiger partial charge is 0.421 e. The maximum Gasteiger partial charge on any atom is 0.421 e. The number of fused-ring (bicyclic) bond motifs is 1. The number of nitrogens with two attached hydrogens (primary N) is 1. The van der Waals surface area contributed by atoms with Gasteiger partial charge in [0.15, 0.2) is 0 Å². The lowest BCUT2D eigenvalue weighted by atomic mass is 10.1. The van der Waals surface area contributed by atoms with Crippen LogP contribution < -0.4 is 16.4 Å². The molecule has 0 aliphatic heterocycles. The molecule has 11 heteroatoms. The summed E-state index contributed by atoms with van der Waals surface area (Å²) in [6.07, 6.45) is -0.522. The summed E-state index contributed by atoms with van der Waals surface area (Å²) in [5.74, 6) is 0.0482. The SMILES string of the molecule is CCNc1nc(NC(=C/N)/C(C)=N\C[C@H]2CCc3ncsc32)ncc1C(F)(F)F. The summed E-state index contributed by atoms with van der Waals surface area (Å²) in [6.45, 7) is 4.36. The highest BCUT2D eigenvalue weighted by Gasteiger charge is 2.35. The van der Waals surface area contributed by atoms with Crippen molar-refractivity contribution in [2.45, 2.75) is 38.8 Å². The molecule has 1 aliphatic carbocycles. The summed E-state index contributed by atoms with van der Waals surface area (Å²) in [4.78, 5) is 18.0. The standard InChI is InChI=1S/C18H22F3N7S/c1-3-23-16-12(18(19,20)21)8-25-17(28-16)27-14(6-22)10(2)24-7-11-4-5-13-15(11)29-9-26-13/h6,8-9,11H,3-5,7,22H2,1-2H3,(H2,23,25,27,28)/b14-6+,24-10-/t11-/m1/s1. The Morgan fingerprint density at radius 1 is 1.41 bits per heavy atom. The van der Waals surface area contributed by atoms with Gasteiger partial charge in [0.2, 0.25) is 5.95 Å². The zero-order chi connectivity index (χ0) is 21.0. The third-order valence-electron chi connectivity index (χ3n) is 4.56. The Hall–Kier alpha value is -2.69. The van der Waals surface area contributed by atoms with Gasteiger partial charge < -0.3 is 16.4 Å². The smallest absolute Gasteiger partial charge is 0.403 e. The Labute approximate surface area is 170 Å². The van der Waals surface area contributed by atoms with E-state index < -0.39 is 11.7 Å². The molecule has 1 atom stereocenters. The van der Waals surface area contributed by atoms with Gasteiger partial charge in [0, 0.05) is 36.3 Å². The molecule has 0 bridgehead atoms. The Morgan fingerprint density at radius 3 is 2.90 bits per heavy atom. The van der Waals surface area contributed by atoms with Crippen LogP contribution in [-0.4, -0.2) is 33.8 Å². The number of aromatic nitrogens is 3. The molecule has 0 saturated heterocycles. The molecule has 2 heterocycles. The molecule has 0 fully saturated rings. The van der Waals surface area contributed by atoms with Crippen LogP contribution >= 0.6 is 11.3 Å². The predicted octanol–water partition coefficient (Wildman–Crippen LogP) is 3.79. The number of rotatable bonds is 7. The minimum atomic E-state index is -4.54. The number of hydrogen-bond acceptors (Lipinski definition) is 8. The van der Waals surface area contributed by atoms with E-state index in [1.807, 2.05) is 5.51 Å². The van der Waals surface area contributed by atoms with Crippen LogP contribution in [-0.2, 0) is 12.6 Å². The number of halogens is 3. The first-order valence-corrected chi connectivity index (χ1v) is 10.0. The number of thiazole rings is 1. The van der Waals surface area contributed by atoms with E-state index in [9.17, 15) is 13.2 Å². The minimum absolute atomic E-state index is 0.00538. The van der Waals surface area contributed by atoms with Crippen LogP contribution in [0.3, 0.4) is 0 Å². The number of nitrogens with zero attached hydrogens (tertiary/aromatic N) is 4. The molecule has 0 saturated carbocycles. The fourth-order valence-electron chi connectivity index (χ4n) is 3.07. The number of anilines is 2. The molecule has 7 nitrogen and oxygen atoms in total. The number of alkyl halides is 3. The highest BCUT2D eigenvalue weighted by Crippen LogP contribution is 2.36. The van der Waals surface area contributed by atoms with Gasteiger partial charge in [-0.2, -0.15) is 18.2 Å². The summed E-state index contributed by atoms with van der Waals surface area (Å²) >= 11 is 1.64. The third kappa shape index (κ3) is 4.84. The van der Waals surface area contributed by atoms with E-state index in [4.69, 9.17) is 5.73 Å². The number of hydrogen-bond donors (Lipinski definition) is 3. The second-order valence-electron chi connectivity index (χ2n) is 6.51. The second kappa shape index (κ2) is 8.76. The molecule has 0 radical (unpaired) electrons. The average molecular weight is 425 g/mol. The van der Waals surface area contributed by atoms with E-state index in [0.29, 0.717) is 30.4 Å². The highest BCUT2D eigenvalue weighted by molar-refractivity contribution is 7.09. The van der Waals surface area contributed by atoms with E-state index in [0.717, 1.165) is 24.7 Å². The molecule has 156 valence electrons. The predicted molar refractivity (Wildman–Crippen MR) is 108 cm³/mol. The molecule has 2 aromatic heterocycles. The number of nitrogens with one attached hydrogen (secondary N) is 2. The van der Waals surface area contributed by atoms with Crippen molar-refractivity contribution in [3.05, 3.63) is 39.7 Å². The van der Waals surface area contributed by atoms with Crippen molar-refractivity contribution >= 4 is 28.8 Å². The molecule has 1 aliphatic rings. The quantitative estimate of drug-likeness (QED) is 0.584. The first kappa shape index (κ1) is 21.0. The number of allylic oxidation sites excluding steroid dienone is 1. The van der Waals surface area contributed by atoms with Crippen LogP contribution in [0.15, 0.2) is 28.6 Å². The van der Waals surface area contributed by atoms with Crippen molar-refractivity contribution in [3.8, 4) is 0 Å². The zero-order valence-electron chi connectivity index (χ0n) is 16.0. The molecular weight excluding hydrogens is 403 g/mol. The van der Waals surface area contributed by atoms with Crippen molar-refractivity contribution < 1.29 is 13.2 Å². The summed E-state index contributed by atoms with van der Waals surface area (Å²) in [6, 6.07) is 0. The lowest BCUT2D eigenvalue weighted by molar-refractivity contribution is -0.137. The Morgan fingerprint density at radius 2 is 2.21 bits per heavy atom. The normalized spacial score (nSPS) is 17.3. The molecule has 2 aromatic rings. The van der Waals surface area contributed by atoms with E-state index in [2.05, 4.69) is 30.6 Å². The fourth-order valence-corrected chi connectivity index (χ4v) is 4.04. The average Bonchev–Trinajstić information content (AvgIpc) is 3.28. The molecule has 0 unspecified atom stereocenters. The summed E-state index contributed by atoms with van der Waals surface area (Å²) in [7, 11) is 0. The Bertz CT molecular complexity index is 920. The van der Waals surface area contributed by atoms with Crippen LogP contribution in [0.2, 0.25) is 0 Å². The van der Waals surface area contributed by atoms with Crippen LogP contribution in [0.25, 0.3) is 0 Å². The second-order valence-corrected chi connectivity index (χ2v) is 7.40. The van der Waals surface area contributed by atoms with E-state index in [-0.39, 0.29) is 11.8 Å². The van der Waals surface area contributed by atoms with Crippen molar-refractivity contribution in [2.75, 3.05) is 23.7 Å². The molecule has 0 aromatic carbocycles. The van der Waals surface area contributed by atoms with Gasteiger partial charge in [-0.3, -0.25) is 4.99 Å². The first-order valence-electron chi connectivity index (χ1n) is 9.14. The van der Waals surface area contributed by atoms with Gasteiger partial charge in [0.05, 0.1) is 22.6 Å². The third-order valence-corrected chi connectivity index (χ3v) is 5.60. The van der Waals surface area contributed by atoms with Crippen molar-refractivity contribution in [1.29, 1.82) is 0 Å². The lowest BCUT2D eigenvalue weighted by Crippen LogP contribution is -2.17. The first-order chi connectivity index (χ1) is 13.8. The van der Waals surface area contributed by atoms with Gasteiger partial charge in [-0.15, -0.1) is 11.3 Å².